The molecular formula is C21H21F4NO. The predicted molar refractivity (Wildman–Crippen MR) is 94.4 cm³/mol. The van der Waals surface area contributed by atoms with Gasteiger partial charge in [0.2, 0.25) is 0 Å². The lowest BCUT2D eigenvalue weighted by Gasteiger charge is -2.42. The van der Waals surface area contributed by atoms with Gasteiger partial charge in [0.05, 0.1) is 5.41 Å². The molecule has 1 saturated heterocycles. The highest BCUT2D eigenvalue weighted by Crippen LogP contribution is 2.45. The van der Waals surface area contributed by atoms with Gasteiger partial charge in [-0.1, -0.05) is 19.1 Å². The number of ketones is 1. The van der Waals surface area contributed by atoms with Crippen LogP contribution in [0.25, 0.3) is 0 Å². The van der Waals surface area contributed by atoms with Gasteiger partial charge in [-0.2, -0.15) is 0 Å². The molecule has 2 aromatic carbocycles. The molecule has 0 bridgehead atoms. The Hall–Kier alpha value is -2.21. The van der Waals surface area contributed by atoms with Crippen molar-refractivity contribution in [2.75, 3.05) is 13.1 Å². The summed E-state index contributed by atoms with van der Waals surface area (Å²) < 4.78 is 55.2. The molecule has 3 rings (SSSR count). The Kier molecular flexibility index (Phi) is 5.65. The summed E-state index contributed by atoms with van der Waals surface area (Å²) in [5.74, 6) is -4.67. The normalized spacial score (nSPS) is 15.7. The number of hydrogen-bond donors (Lipinski definition) is 1. The largest absolute Gasteiger partial charge is 0.317 e. The number of Topliss-reactive ketones (excluding diaryl/α,β-unsaturated/α-hetero) is 1. The third-order valence-corrected chi connectivity index (χ3v) is 5.46. The lowest BCUT2D eigenvalue weighted by Crippen LogP contribution is -2.48. The number of carbonyl (C=O) groups is 1. The zero-order chi connectivity index (χ0) is 19.6. The summed E-state index contributed by atoms with van der Waals surface area (Å²) in [6.45, 7) is 2.98. The van der Waals surface area contributed by atoms with E-state index in [1.54, 1.807) is 6.92 Å². The Morgan fingerprint density at radius 2 is 1.41 bits per heavy atom. The third-order valence-electron chi connectivity index (χ3n) is 5.46. The van der Waals surface area contributed by atoms with Crippen LogP contribution in [0, 0.1) is 29.2 Å². The summed E-state index contributed by atoms with van der Waals surface area (Å²) in [6, 6.07) is 6.70. The standard InChI is InChI=1S/C21H21F4NO/c1-2-20(27)21(13-7-9-26-10-8-13,14-3-5-16(22)18(24)11-14)15-4-6-17(23)19(25)12-15/h3-6,11-13,26H,2,7-10H2,1H3. The van der Waals surface area contributed by atoms with Crippen molar-refractivity contribution in [3.05, 3.63) is 70.8 Å². The van der Waals surface area contributed by atoms with Gasteiger partial charge >= 0.3 is 0 Å². The van der Waals surface area contributed by atoms with Crippen LogP contribution in [0.1, 0.15) is 37.3 Å². The van der Waals surface area contributed by atoms with Crippen molar-refractivity contribution in [3.63, 3.8) is 0 Å². The molecule has 0 aliphatic carbocycles. The Morgan fingerprint density at radius 1 is 0.926 bits per heavy atom. The highest BCUT2D eigenvalue weighted by molar-refractivity contribution is 5.94. The van der Waals surface area contributed by atoms with E-state index in [4.69, 9.17) is 0 Å². The maximum Gasteiger partial charge on any atom is 0.159 e. The number of piperidine rings is 1. The number of carbonyl (C=O) groups excluding carboxylic acids is 1. The molecule has 6 heteroatoms. The van der Waals surface area contributed by atoms with Crippen molar-refractivity contribution in [2.24, 2.45) is 5.92 Å². The van der Waals surface area contributed by atoms with Crippen molar-refractivity contribution >= 4 is 5.78 Å². The highest BCUT2D eigenvalue weighted by atomic mass is 19.2. The average Bonchev–Trinajstić information content (AvgIpc) is 2.68. The van der Waals surface area contributed by atoms with Gasteiger partial charge < -0.3 is 5.32 Å². The van der Waals surface area contributed by atoms with Crippen LogP contribution in [0.5, 0.6) is 0 Å². The van der Waals surface area contributed by atoms with Gasteiger partial charge in [-0.25, -0.2) is 17.6 Å². The molecule has 1 heterocycles. The fourth-order valence-corrected chi connectivity index (χ4v) is 4.20. The lowest BCUT2D eigenvalue weighted by atomic mass is 9.60. The van der Waals surface area contributed by atoms with Gasteiger partial charge in [-0.05, 0) is 67.2 Å². The van der Waals surface area contributed by atoms with Crippen LogP contribution in [0.3, 0.4) is 0 Å². The highest BCUT2D eigenvalue weighted by Gasteiger charge is 2.48. The van der Waals surface area contributed by atoms with Crippen molar-refractivity contribution in [2.45, 2.75) is 31.6 Å². The van der Waals surface area contributed by atoms with E-state index in [0.29, 0.717) is 25.9 Å². The number of benzene rings is 2. The molecular weight excluding hydrogens is 358 g/mol. The predicted octanol–water partition coefficient (Wildman–Crippen LogP) is 4.51. The van der Waals surface area contributed by atoms with Crippen LogP contribution in [0.2, 0.25) is 0 Å². The maximum absolute atomic E-state index is 14.1. The molecule has 2 nitrogen and oxygen atoms in total. The van der Waals surface area contributed by atoms with Crippen molar-refractivity contribution in [1.82, 2.24) is 5.32 Å². The average molecular weight is 379 g/mol. The Bertz CT molecular complexity index is 795. The first-order valence-electron chi connectivity index (χ1n) is 9.06. The smallest absolute Gasteiger partial charge is 0.159 e. The molecule has 27 heavy (non-hydrogen) atoms. The van der Waals surface area contributed by atoms with E-state index in [9.17, 15) is 22.4 Å². The third kappa shape index (κ3) is 3.38. The summed E-state index contributed by atoms with van der Waals surface area (Å²) in [5, 5.41) is 3.21. The number of nitrogens with one attached hydrogen (secondary N) is 1. The molecule has 1 N–H and O–H groups in total. The fourth-order valence-electron chi connectivity index (χ4n) is 4.20. The second-order valence-corrected chi connectivity index (χ2v) is 6.87. The summed E-state index contributed by atoms with van der Waals surface area (Å²) >= 11 is 0. The molecule has 1 fully saturated rings. The minimum atomic E-state index is -1.36. The zero-order valence-electron chi connectivity index (χ0n) is 15.0. The van der Waals surface area contributed by atoms with E-state index >= 15 is 0 Å². The monoisotopic (exact) mass is 379 g/mol. The van der Waals surface area contributed by atoms with Gasteiger partial charge in [0, 0.05) is 6.42 Å². The van der Waals surface area contributed by atoms with Crippen molar-refractivity contribution < 1.29 is 22.4 Å². The Morgan fingerprint density at radius 3 is 1.81 bits per heavy atom. The van der Waals surface area contributed by atoms with Crippen LogP contribution in [0.15, 0.2) is 36.4 Å². The van der Waals surface area contributed by atoms with E-state index in [1.807, 2.05) is 0 Å². The van der Waals surface area contributed by atoms with Crippen LogP contribution < -0.4 is 5.32 Å². The first kappa shape index (κ1) is 19.5. The summed E-state index contributed by atoms with van der Waals surface area (Å²) in [4.78, 5) is 13.3. The quantitative estimate of drug-likeness (QED) is 0.775. The van der Waals surface area contributed by atoms with E-state index < -0.39 is 28.7 Å². The molecule has 0 spiro atoms. The summed E-state index contributed by atoms with van der Waals surface area (Å²) in [7, 11) is 0. The molecule has 1 aliphatic rings. The zero-order valence-corrected chi connectivity index (χ0v) is 15.0. The lowest BCUT2D eigenvalue weighted by molar-refractivity contribution is -0.125. The molecule has 0 radical (unpaired) electrons. The maximum atomic E-state index is 14.1. The Balaban J connectivity index is 2.31. The summed E-state index contributed by atoms with van der Waals surface area (Å²) in [5.41, 5.74) is -0.822. The molecule has 0 aromatic heterocycles. The summed E-state index contributed by atoms with van der Waals surface area (Å²) in [6.07, 6.45) is 1.33. The fraction of sp³-hybridized carbons (Fsp3) is 0.381. The van der Waals surface area contributed by atoms with Gasteiger partial charge in [0.25, 0.3) is 0 Å². The molecule has 0 unspecified atom stereocenters. The van der Waals surface area contributed by atoms with Crippen LogP contribution in [0.4, 0.5) is 17.6 Å². The van der Waals surface area contributed by atoms with E-state index in [-0.39, 0.29) is 29.2 Å². The number of hydrogen-bond acceptors (Lipinski definition) is 2. The SMILES string of the molecule is CCC(=O)C(c1ccc(F)c(F)c1)(c1ccc(F)c(F)c1)C1CCNCC1. The van der Waals surface area contributed by atoms with Crippen molar-refractivity contribution in [1.29, 1.82) is 0 Å². The van der Waals surface area contributed by atoms with Gasteiger partial charge in [0.15, 0.2) is 23.3 Å². The van der Waals surface area contributed by atoms with E-state index in [0.717, 1.165) is 24.3 Å². The van der Waals surface area contributed by atoms with Gasteiger partial charge in [-0.15, -0.1) is 0 Å². The molecule has 0 atom stereocenters. The van der Waals surface area contributed by atoms with Crippen LogP contribution in [-0.2, 0) is 10.2 Å². The second kappa shape index (κ2) is 7.80. The second-order valence-electron chi connectivity index (χ2n) is 6.87. The van der Waals surface area contributed by atoms with Crippen molar-refractivity contribution in [3.8, 4) is 0 Å². The number of rotatable bonds is 5. The number of halogens is 4. The minimum absolute atomic E-state index is 0.127. The molecule has 144 valence electrons. The van der Waals surface area contributed by atoms with E-state index in [2.05, 4.69) is 5.32 Å². The Labute approximate surface area is 155 Å². The van der Waals surface area contributed by atoms with Crippen LogP contribution >= 0.6 is 0 Å². The molecule has 0 amide bonds. The molecule has 0 saturated carbocycles. The first-order valence-corrected chi connectivity index (χ1v) is 9.06. The first-order chi connectivity index (χ1) is 12.9. The van der Waals surface area contributed by atoms with E-state index in [1.165, 1.54) is 12.1 Å². The minimum Gasteiger partial charge on any atom is -0.317 e. The topological polar surface area (TPSA) is 29.1 Å². The van der Waals surface area contributed by atoms with Crippen LogP contribution in [-0.4, -0.2) is 18.9 Å². The molecule has 2 aromatic rings. The van der Waals surface area contributed by atoms with Gasteiger partial charge in [0.1, 0.15) is 5.78 Å². The van der Waals surface area contributed by atoms with Gasteiger partial charge in [-0.3, -0.25) is 4.79 Å². The molecule has 1 aliphatic heterocycles.